The first kappa shape index (κ1) is 18.6. The molecule has 3 unspecified atom stereocenters. The number of carbonyl (C=O) groups is 3. The van der Waals surface area contributed by atoms with E-state index in [1.807, 2.05) is 4.90 Å². The number of methoxy groups -OCH3 is 1. The lowest BCUT2D eigenvalue weighted by atomic mass is 9.85. The van der Waals surface area contributed by atoms with Crippen molar-refractivity contribution in [2.24, 2.45) is 5.92 Å². The monoisotopic (exact) mass is 358 g/mol. The van der Waals surface area contributed by atoms with Gasteiger partial charge in [0.1, 0.15) is 6.04 Å². The van der Waals surface area contributed by atoms with Crippen molar-refractivity contribution in [3.05, 3.63) is 29.8 Å². The second-order valence-electron chi connectivity index (χ2n) is 7.24. The van der Waals surface area contributed by atoms with E-state index in [4.69, 9.17) is 4.74 Å². The van der Waals surface area contributed by atoms with E-state index in [9.17, 15) is 14.4 Å². The first-order valence-electron chi connectivity index (χ1n) is 9.24. The topological polar surface area (TPSA) is 75.7 Å². The minimum absolute atomic E-state index is 0.0450. The van der Waals surface area contributed by atoms with Gasteiger partial charge in [-0.25, -0.2) is 0 Å². The molecule has 2 fully saturated rings. The number of hydrogen-bond donors (Lipinski definition) is 1. The van der Waals surface area contributed by atoms with E-state index in [2.05, 4.69) is 5.32 Å². The summed E-state index contributed by atoms with van der Waals surface area (Å²) in [6, 6.07) is 6.82. The zero-order valence-electron chi connectivity index (χ0n) is 15.4. The van der Waals surface area contributed by atoms with Gasteiger partial charge < -0.3 is 10.1 Å². The number of fused-ring (bicyclic) bond motifs is 1. The second-order valence-corrected chi connectivity index (χ2v) is 7.24. The fourth-order valence-corrected chi connectivity index (χ4v) is 4.33. The van der Waals surface area contributed by atoms with Gasteiger partial charge in [0.25, 0.3) is 0 Å². The van der Waals surface area contributed by atoms with E-state index in [0.717, 1.165) is 25.7 Å². The van der Waals surface area contributed by atoms with Crippen LogP contribution < -0.4 is 5.32 Å². The van der Waals surface area contributed by atoms with E-state index in [-0.39, 0.29) is 36.3 Å². The summed E-state index contributed by atoms with van der Waals surface area (Å²) in [5.41, 5.74) is 1.15. The number of ether oxygens (including phenoxy) is 1. The van der Waals surface area contributed by atoms with Gasteiger partial charge in [-0.2, -0.15) is 0 Å². The van der Waals surface area contributed by atoms with E-state index < -0.39 is 0 Å². The van der Waals surface area contributed by atoms with Crippen LogP contribution >= 0.6 is 0 Å². The molecule has 1 saturated carbocycles. The quantitative estimate of drug-likeness (QED) is 0.647. The van der Waals surface area contributed by atoms with Gasteiger partial charge in [0.05, 0.1) is 13.7 Å². The predicted octanol–water partition coefficient (Wildman–Crippen LogP) is 2.63. The third-order valence-corrected chi connectivity index (χ3v) is 5.57. The van der Waals surface area contributed by atoms with Crippen LogP contribution in [0.1, 0.15) is 49.4 Å². The zero-order chi connectivity index (χ0) is 18.7. The number of nitrogens with one attached hydrogen (secondary N) is 1. The first-order chi connectivity index (χ1) is 12.5. The molecule has 1 aliphatic heterocycles. The van der Waals surface area contributed by atoms with Crippen LogP contribution in [0.15, 0.2) is 24.3 Å². The summed E-state index contributed by atoms with van der Waals surface area (Å²) < 4.78 is 4.96. The van der Waals surface area contributed by atoms with Gasteiger partial charge in [-0.3, -0.25) is 19.3 Å². The maximum absolute atomic E-state index is 12.6. The molecule has 140 valence electrons. The van der Waals surface area contributed by atoms with Gasteiger partial charge in [0.15, 0.2) is 5.78 Å². The number of esters is 1. The summed E-state index contributed by atoms with van der Waals surface area (Å²) in [6.07, 6.45) is 5.22. The Morgan fingerprint density at radius 1 is 1.23 bits per heavy atom. The average Bonchev–Trinajstić information content (AvgIpc) is 2.99. The number of benzene rings is 1. The Labute approximate surface area is 153 Å². The molecule has 0 aromatic heterocycles. The molecule has 0 spiro atoms. The van der Waals surface area contributed by atoms with Crippen molar-refractivity contribution < 1.29 is 19.1 Å². The molecule has 1 aromatic rings. The van der Waals surface area contributed by atoms with Crippen molar-refractivity contribution in [1.82, 2.24) is 4.90 Å². The number of anilines is 1. The lowest BCUT2D eigenvalue weighted by Crippen LogP contribution is -2.46. The molecule has 3 rings (SSSR count). The van der Waals surface area contributed by atoms with Crippen molar-refractivity contribution in [2.45, 2.75) is 51.1 Å². The van der Waals surface area contributed by atoms with E-state index in [1.165, 1.54) is 20.5 Å². The van der Waals surface area contributed by atoms with Crippen LogP contribution in [0, 0.1) is 5.92 Å². The van der Waals surface area contributed by atoms with Gasteiger partial charge >= 0.3 is 5.97 Å². The highest BCUT2D eigenvalue weighted by Gasteiger charge is 2.46. The Hall–Kier alpha value is -2.21. The maximum Gasteiger partial charge on any atom is 0.323 e. The van der Waals surface area contributed by atoms with Crippen molar-refractivity contribution >= 4 is 23.3 Å². The summed E-state index contributed by atoms with van der Waals surface area (Å²) in [7, 11) is 1.40. The number of ketones is 1. The van der Waals surface area contributed by atoms with Gasteiger partial charge in [0, 0.05) is 17.3 Å². The molecule has 1 heterocycles. The standard InChI is InChI=1S/C20H26N2O4/c1-13(23)14-7-5-8-16(10-14)21-19(24)12-22-17-9-4-3-6-15(17)11-18(22)20(25)26-2/h5,7-8,10,15,17-18H,3-4,6,9,11-12H2,1-2H3,(H,21,24). The van der Waals surface area contributed by atoms with Crippen molar-refractivity contribution in [3.8, 4) is 0 Å². The Bertz CT molecular complexity index is 703. The van der Waals surface area contributed by atoms with Crippen LogP contribution in [0.3, 0.4) is 0 Å². The van der Waals surface area contributed by atoms with E-state index in [0.29, 0.717) is 17.2 Å². The molecular formula is C20H26N2O4. The van der Waals surface area contributed by atoms with Crippen LogP contribution in [0.25, 0.3) is 0 Å². The van der Waals surface area contributed by atoms with Gasteiger partial charge in [-0.15, -0.1) is 0 Å². The Morgan fingerprint density at radius 2 is 2.00 bits per heavy atom. The van der Waals surface area contributed by atoms with Crippen LogP contribution in [0.2, 0.25) is 0 Å². The Balaban J connectivity index is 1.70. The number of rotatable bonds is 5. The molecule has 0 radical (unpaired) electrons. The summed E-state index contributed by atoms with van der Waals surface area (Å²) in [4.78, 5) is 38.3. The Morgan fingerprint density at radius 3 is 2.73 bits per heavy atom. The molecule has 26 heavy (non-hydrogen) atoms. The predicted molar refractivity (Wildman–Crippen MR) is 97.9 cm³/mol. The van der Waals surface area contributed by atoms with Gasteiger partial charge in [0.2, 0.25) is 5.91 Å². The average molecular weight is 358 g/mol. The molecule has 6 heteroatoms. The summed E-state index contributed by atoms with van der Waals surface area (Å²) >= 11 is 0. The third kappa shape index (κ3) is 3.96. The van der Waals surface area contributed by atoms with Crippen LogP contribution in [-0.4, -0.2) is 48.3 Å². The number of Topliss-reactive ketones (excluding diaryl/α,β-unsaturated/α-hetero) is 1. The summed E-state index contributed by atoms with van der Waals surface area (Å²) in [5, 5.41) is 2.85. The fraction of sp³-hybridized carbons (Fsp3) is 0.550. The lowest BCUT2D eigenvalue weighted by Gasteiger charge is -2.32. The fourth-order valence-electron chi connectivity index (χ4n) is 4.33. The van der Waals surface area contributed by atoms with Gasteiger partial charge in [-0.1, -0.05) is 25.0 Å². The van der Waals surface area contributed by atoms with Crippen molar-refractivity contribution in [3.63, 3.8) is 0 Å². The largest absolute Gasteiger partial charge is 0.468 e. The molecule has 1 amide bonds. The van der Waals surface area contributed by atoms with Gasteiger partial charge in [-0.05, 0) is 44.2 Å². The highest BCUT2D eigenvalue weighted by Crippen LogP contribution is 2.39. The summed E-state index contributed by atoms with van der Waals surface area (Å²) in [5.74, 6) is -0.0188. The molecule has 3 atom stereocenters. The molecule has 2 aliphatic rings. The molecule has 1 saturated heterocycles. The molecule has 1 N–H and O–H groups in total. The van der Waals surface area contributed by atoms with Crippen molar-refractivity contribution in [1.29, 1.82) is 0 Å². The zero-order valence-corrected chi connectivity index (χ0v) is 15.4. The van der Waals surface area contributed by atoms with Crippen LogP contribution in [0.4, 0.5) is 5.69 Å². The molecule has 1 aliphatic carbocycles. The molecule has 1 aromatic carbocycles. The highest BCUT2D eigenvalue weighted by atomic mass is 16.5. The summed E-state index contributed by atoms with van der Waals surface area (Å²) in [6.45, 7) is 1.65. The Kier molecular flexibility index (Phi) is 5.71. The van der Waals surface area contributed by atoms with E-state index in [1.54, 1.807) is 24.3 Å². The highest BCUT2D eigenvalue weighted by molar-refractivity contribution is 5.97. The normalized spacial score (nSPS) is 25.4. The van der Waals surface area contributed by atoms with Crippen LogP contribution in [0.5, 0.6) is 0 Å². The molecular weight excluding hydrogens is 332 g/mol. The number of carbonyl (C=O) groups excluding carboxylic acids is 3. The van der Waals surface area contributed by atoms with E-state index >= 15 is 0 Å². The molecule has 0 bridgehead atoms. The number of nitrogens with zero attached hydrogens (tertiary/aromatic N) is 1. The number of hydrogen-bond acceptors (Lipinski definition) is 5. The minimum Gasteiger partial charge on any atom is -0.468 e. The van der Waals surface area contributed by atoms with Crippen LogP contribution in [-0.2, 0) is 14.3 Å². The maximum atomic E-state index is 12.6. The smallest absolute Gasteiger partial charge is 0.323 e. The lowest BCUT2D eigenvalue weighted by molar-refractivity contribution is -0.146. The van der Waals surface area contributed by atoms with Crippen molar-refractivity contribution in [2.75, 3.05) is 19.0 Å². The first-order valence-corrected chi connectivity index (χ1v) is 9.24. The number of amides is 1. The number of likely N-dealkylation sites (tertiary alicyclic amines) is 1. The SMILES string of the molecule is COC(=O)C1CC2CCCCC2N1CC(=O)Nc1cccc(C(C)=O)c1. The second kappa shape index (κ2) is 7.99. The molecule has 6 nitrogen and oxygen atoms in total. The third-order valence-electron chi connectivity index (χ3n) is 5.57. The minimum atomic E-state index is -0.345.